The van der Waals surface area contributed by atoms with Crippen LogP contribution in [0.25, 0.3) is 0 Å². The fourth-order valence-corrected chi connectivity index (χ4v) is 10.7. The van der Waals surface area contributed by atoms with E-state index in [0.29, 0.717) is 22.7 Å². The third-order valence-corrected chi connectivity index (χ3v) is 12.6. The molecule has 5 aliphatic rings. The first-order valence-corrected chi connectivity index (χ1v) is 15.2. The molecular formula is C33H49NO. The lowest BCUT2D eigenvalue weighted by molar-refractivity contribution is -0.133. The maximum atomic E-state index is 13.2. The standard InChI is InChI=1S/C33H49NO/c1-23(11-16-31(35)34-21-18-24-8-4-5-9-25(24)22-34)28-14-15-29-27-13-12-26-10-6-7-19-32(26,2)30(27)17-20-33(28,29)3/h4-5,8-9,23,26-30H,6-7,10-22H2,1-3H3/t23-,26?,27?,28?,29?,30?,32?,33?/m1/s1. The molecule has 8 atom stereocenters. The summed E-state index contributed by atoms with van der Waals surface area (Å²) in [5.41, 5.74) is 3.95. The highest BCUT2D eigenvalue weighted by molar-refractivity contribution is 5.76. The van der Waals surface area contributed by atoms with E-state index >= 15 is 0 Å². The second-order valence-corrected chi connectivity index (χ2v) is 14.0. The fourth-order valence-electron chi connectivity index (χ4n) is 10.7. The summed E-state index contributed by atoms with van der Waals surface area (Å²) in [4.78, 5) is 15.3. The number of fused-ring (bicyclic) bond motifs is 6. The predicted molar refractivity (Wildman–Crippen MR) is 144 cm³/mol. The molecule has 192 valence electrons. The van der Waals surface area contributed by atoms with E-state index in [9.17, 15) is 4.79 Å². The van der Waals surface area contributed by atoms with E-state index in [1.54, 1.807) is 0 Å². The van der Waals surface area contributed by atoms with Gasteiger partial charge >= 0.3 is 0 Å². The number of rotatable bonds is 4. The Balaban J connectivity index is 1.08. The van der Waals surface area contributed by atoms with E-state index in [4.69, 9.17) is 0 Å². The topological polar surface area (TPSA) is 20.3 Å². The Bertz CT molecular complexity index is 939. The van der Waals surface area contributed by atoms with Crippen LogP contribution in [0.4, 0.5) is 0 Å². The van der Waals surface area contributed by atoms with E-state index in [-0.39, 0.29) is 0 Å². The van der Waals surface area contributed by atoms with Gasteiger partial charge < -0.3 is 4.90 Å². The first-order valence-electron chi connectivity index (χ1n) is 15.2. The van der Waals surface area contributed by atoms with Gasteiger partial charge in [-0.15, -0.1) is 0 Å². The van der Waals surface area contributed by atoms with Crippen LogP contribution in [0.3, 0.4) is 0 Å². The van der Waals surface area contributed by atoms with Crippen molar-refractivity contribution in [3.63, 3.8) is 0 Å². The van der Waals surface area contributed by atoms with Crippen LogP contribution >= 0.6 is 0 Å². The van der Waals surface area contributed by atoms with Gasteiger partial charge in [0.15, 0.2) is 0 Å². The number of carbonyl (C=O) groups excluding carboxylic acids is 1. The minimum atomic E-state index is 0.387. The molecule has 7 unspecified atom stereocenters. The second kappa shape index (κ2) is 9.21. The molecular weight excluding hydrogens is 426 g/mol. The van der Waals surface area contributed by atoms with Gasteiger partial charge in [0.1, 0.15) is 0 Å². The van der Waals surface area contributed by atoms with Crippen molar-refractivity contribution in [2.75, 3.05) is 6.54 Å². The number of hydrogen-bond acceptors (Lipinski definition) is 1. The molecule has 0 bridgehead atoms. The minimum absolute atomic E-state index is 0.387. The third kappa shape index (κ3) is 4.00. The Morgan fingerprint density at radius 1 is 0.943 bits per heavy atom. The highest BCUT2D eigenvalue weighted by atomic mass is 16.2. The molecule has 1 aliphatic heterocycles. The van der Waals surface area contributed by atoms with E-state index in [2.05, 4.69) is 49.9 Å². The zero-order chi connectivity index (χ0) is 24.2. The molecule has 1 amide bonds. The first-order chi connectivity index (χ1) is 16.9. The van der Waals surface area contributed by atoms with E-state index in [1.165, 1.54) is 75.3 Å². The monoisotopic (exact) mass is 475 g/mol. The molecule has 1 aromatic carbocycles. The van der Waals surface area contributed by atoms with Crippen LogP contribution in [0.1, 0.15) is 109 Å². The third-order valence-electron chi connectivity index (χ3n) is 12.6. The van der Waals surface area contributed by atoms with Crippen molar-refractivity contribution in [1.82, 2.24) is 4.90 Å². The van der Waals surface area contributed by atoms with Crippen LogP contribution in [0.15, 0.2) is 24.3 Å². The summed E-state index contributed by atoms with van der Waals surface area (Å²) in [6, 6.07) is 8.67. The van der Waals surface area contributed by atoms with Crippen molar-refractivity contribution >= 4 is 5.91 Å². The molecule has 0 N–H and O–H groups in total. The average Bonchev–Trinajstić information content (AvgIpc) is 3.23. The van der Waals surface area contributed by atoms with E-state index < -0.39 is 0 Å². The Morgan fingerprint density at radius 2 is 1.74 bits per heavy atom. The van der Waals surface area contributed by atoms with Gasteiger partial charge in [-0.25, -0.2) is 0 Å². The van der Waals surface area contributed by atoms with Gasteiger partial charge in [-0.05, 0) is 122 Å². The van der Waals surface area contributed by atoms with Crippen molar-refractivity contribution in [2.24, 2.45) is 46.3 Å². The summed E-state index contributed by atoms with van der Waals surface area (Å²) in [6.45, 7) is 9.59. The van der Waals surface area contributed by atoms with Gasteiger partial charge in [-0.1, -0.05) is 57.9 Å². The van der Waals surface area contributed by atoms with Crippen molar-refractivity contribution in [2.45, 2.75) is 111 Å². The molecule has 35 heavy (non-hydrogen) atoms. The highest BCUT2D eigenvalue weighted by Crippen LogP contribution is 2.68. The molecule has 4 fully saturated rings. The molecule has 0 aromatic heterocycles. The lowest BCUT2D eigenvalue weighted by Crippen LogP contribution is -2.53. The summed E-state index contributed by atoms with van der Waals surface area (Å²) in [5.74, 6) is 5.83. The van der Waals surface area contributed by atoms with Gasteiger partial charge in [-0.2, -0.15) is 0 Å². The van der Waals surface area contributed by atoms with Gasteiger partial charge in [0, 0.05) is 19.5 Å². The van der Waals surface area contributed by atoms with E-state index in [1.807, 2.05) is 0 Å². The van der Waals surface area contributed by atoms with Crippen LogP contribution < -0.4 is 0 Å². The summed E-state index contributed by atoms with van der Waals surface area (Å²) in [7, 11) is 0. The lowest BCUT2D eigenvalue weighted by atomic mass is 9.44. The molecule has 1 aromatic rings. The average molecular weight is 476 g/mol. The zero-order valence-electron chi connectivity index (χ0n) is 22.7. The molecule has 2 heteroatoms. The molecule has 0 radical (unpaired) electrons. The SMILES string of the molecule is C[C@H](CCC(=O)N1CCc2ccccc2C1)C1CCC2C3CCC4CCCCC4(C)C3CCC21C. The zero-order valence-corrected chi connectivity index (χ0v) is 22.7. The van der Waals surface area contributed by atoms with Crippen molar-refractivity contribution < 1.29 is 4.79 Å². The van der Waals surface area contributed by atoms with Crippen molar-refractivity contribution in [3.05, 3.63) is 35.4 Å². The lowest BCUT2D eigenvalue weighted by Gasteiger charge is -2.61. The maximum absolute atomic E-state index is 13.2. The van der Waals surface area contributed by atoms with E-state index in [0.717, 1.165) is 61.9 Å². The Kier molecular flexibility index (Phi) is 6.33. The molecule has 2 nitrogen and oxygen atoms in total. The van der Waals surface area contributed by atoms with Crippen molar-refractivity contribution in [3.8, 4) is 0 Å². The fraction of sp³-hybridized carbons (Fsp3) is 0.788. The quantitative estimate of drug-likeness (QED) is 0.431. The van der Waals surface area contributed by atoms with Crippen LogP contribution in [0, 0.1) is 46.3 Å². The van der Waals surface area contributed by atoms with Crippen LogP contribution in [-0.4, -0.2) is 17.4 Å². The second-order valence-electron chi connectivity index (χ2n) is 14.0. The number of carbonyl (C=O) groups is 1. The first kappa shape index (κ1) is 24.1. The number of hydrogen-bond donors (Lipinski definition) is 0. The van der Waals surface area contributed by atoms with Crippen LogP contribution in [-0.2, 0) is 17.8 Å². The summed E-state index contributed by atoms with van der Waals surface area (Å²) < 4.78 is 0. The molecule has 0 saturated heterocycles. The molecule has 4 aliphatic carbocycles. The Hall–Kier alpha value is -1.31. The molecule has 1 heterocycles. The summed E-state index contributed by atoms with van der Waals surface area (Å²) in [5, 5.41) is 0. The minimum Gasteiger partial charge on any atom is -0.338 e. The van der Waals surface area contributed by atoms with Crippen LogP contribution in [0.5, 0.6) is 0 Å². The maximum Gasteiger partial charge on any atom is 0.222 e. The van der Waals surface area contributed by atoms with Crippen LogP contribution in [0.2, 0.25) is 0 Å². The number of amides is 1. The number of benzene rings is 1. The number of nitrogens with zero attached hydrogens (tertiary/aromatic N) is 1. The Labute approximate surface area is 214 Å². The highest BCUT2D eigenvalue weighted by Gasteiger charge is 2.60. The predicted octanol–water partition coefficient (Wildman–Crippen LogP) is 8.04. The van der Waals surface area contributed by atoms with Crippen molar-refractivity contribution in [1.29, 1.82) is 0 Å². The normalized spacial score (nSPS) is 41.3. The van der Waals surface area contributed by atoms with Gasteiger partial charge in [0.2, 0.25) is 5.91 Å². The van der Waals surface area contributed by atoms with Gasteiger partial charge in [0.05, 0.1) is 0 Å². The Morgan fingerprint density at radius 3 is 2.60 bits per heavy atom. The molecule has 4 saturated carbocycles. The molecule has 6 rings (SSSR count). The smallest absolute Gasteiger partial charge is 0.222 e. The largest absolute Gasteiger partial charge is 0.338 e. The van der Waals surface area contributed by atoms with Gasteiger partial charge in [-0.3, -0.25) is 4.79 Å². The summed E-state index contributed by atoms with van der Waals surface area (Å²) >= 11 is 0. The summed E-state index contributed by atoms with van der Waals surface area (Å²) in [6.07, 6.45) is 17.7. The molecule has 0 spiro atoms. The van der Waals surface area contributed by atoms with Gasteiger partial charge in [0.25, 0.3) is 0 Å².